The largest absolute Gasteiger partial charge is 0.496 e. The molecule has 0 spiro atoms. The number of ether oxygens (including phenoxy) is 1. The van der Waals surface area contributed by atoms with Gasteiger partial charge in [-0.1, -0.05) is 42.0 Å². The summed E-state index contributed by atoms with van der Waals surface area (Å²) in [6.07, 6.45) is 0.515. The second-order valence-electron chi connectivity index (χ2n) is 7.18. The molecule has 0 atom stereocenters. The standard InChI is InChI=1S/C24H19BrClN3O2S/c1-14-27-20-7-4-8-21(31-2)23(20)24(30)29(14)17-6-3-5-15(11-17)12-22(32)28-16-9-10-19(26)18(25)13-16/h3-11,13H,12H2,1-2H3,(H,28,32). The summed E-state index contributed by atoms with van der Waals surface area (Å²) in [6.45, 7) is 1.82. The maximum atomic E-state index is 13.4. The van der Waals surface area contributed by atoms with Gasteiger partial charge in [0.2, 0.25) is 0 Å². The Morgan fingerprint density at radius 2 is 1.97 bits per heavy atom. The summed E-state index contributed by atoms with van der Waals surface area (Å²) < 4.78 is 7.79. The molecule has 0 aliphatic rings. The SMILES string of the molecule is COc1cccc2nc(C)n(-c3cccc(CC(=S)Nc4ccc(Cl)c(Br)c4)c3)c(=O)c12. The molecule has 0 aliphatic carbocycles. The van der Waals surface area contributed by atoms with E-state index in [9.17, 15) is 4.79 Å². The zero-order valence-corrected chi connectivity index (χ0v) is 20.5. The molecule has 8 heteroatoms. The molecule has 0 saturated heterocycles. The Morgan fingerprint density at radius 1 is 1.19 bits per heavy atom. The van der Waals surface area contributed by atoms with E-state index >= 15 is 0 Å². The number of nitrogens with zero attached hydrogens (tertiary/aromatic N) is 2. The van der Waals surface area contributed by atoms with E-state index in [0.29, 0.717) is 38.9 Å². The topological polar surface area (TPSA) is 56.1 Å². The van der Waals surface area contributed by atoms with Crippen molar-refractivity contribution in [1.82, 2.24) is 9.55 Å². The van der Waals surface area contributed by atoms with Gasteiger partial charge < -0.3 is 10.1 Å². The van der Waals surface area contributed by atoms with Crippen LogP contribution in [0.15, 0.2) is 69.9 Å². The van der Waals surface area contributed by atoms with Gasteiger partial charge in [-0.3, -0.25) is 9.36 Å². The maximum absolute atomic E-state index is 13.4. The van der Waals surface area contributed by atoms with E-state index in [2.05, 4.69) is 26.2 Å². The molecule has 0 saturated carbocycles. The van der Waals surface area contributed by atoms with Crippen LogP contribution in [0.4, 0.5) is 5.69 Å². The number of rotatable bonds is 5. The van der Waals surface area contributed by atoms with Crippen molar-refractivity contribution >= 4 is 61.3 Å². The normalized spacial score (nSPS) is 10.9. The molecule has 32 heavy (non-hydrogen) atoms. The molecule has 3 aromatic carbocycles. The van der Waals surface area contributed by atoms with E-state index < -0.39 is 0 Å². The molecule has 0 fully saturated rings. The van der Waals surface area contributed by atoms with Gasteiger partial charge in [-0.2, -0.15) is 0 Å². The van der Waals surface area contributed by atoms with E-state index in [-0.39, 0.29) is 5.56 Å². The van der Waals surface area contributed by atoms with E-state index in [4.69, 9.17) is 28.6 Å². The summed E-state index contributed by atoms with van der Waals surface area (Å²) in [5.41, 5.74) is 2.98. The molecule has 1 N–H and O–H groups in total. The summed E-state index contributed by atoms with van der Waals surface area (Å²) in [5, 5.41) is 4.32. The first-order valence-electron chi connectivity index (χ1n) is 9.78. The van der Waals surface area contributed by atoms with Gasteiger partial charge in [0.05, 0.1) is 28.3 Å². The number of aryl methyl sites for hydroxylation is 1. The second-order valence-corrected chi connectivity index (χ2v) is 8.93. The minimum absolute atomic E-state index is 0.172. The molecule has 0 unspecified atom stereocenters. The zero-order valence-electron chi connectivity index (χ0n) is 17.4. The number of fused-ring (bicyclic) bond motifs is 1. The van der Waals surface area contributed by atoms with Gasteiger partial charge >= 0.3 is 0 Å². The van der Waals surface area contributed by atoms with Crippen molar-refractivity contribution in [2.75, 3.05) is 12.4 Å². The summed E-state index contributed by atoms with van der Waals surface area (Å²) in [4.78, 5) is 18.6. The number of aromatic nitrogens is 2. The fourth-order valence-corrected chi connectivity index (χ4v) is 4.34. The van der Waals surface area contributed by atoms with Gasteiger partial charge in [-0.05, 0) is 70.9 Å². The Labute approximate surface area is 204 Å². The van der Waals surface area contributed by atoms with E-state index in [1.165, 1.54) is 0 Å². The van der Waals surface area contributed by atoms with Crippen LogP contribution in [0, 0.1) is 6.92 Å². The molecule has 0 radical (unpaired) electrons. The molecular weight excluding hydrogens is 510 g/mol. The van der Waals surface area contributed by atoms with Crippen molar-refractivity contribution in [3.05, 3.63) is 91.9 Å². The number of nitrogens with one attached hydrogen (secondary N) is 1. The van der Waals surface area contributed by atoms with Gasteiger partial charge in [0.25, 0.3) is 5.56 Å². The maximum Gasteiger partial charge on any atom is 0.269 e. The Hall–Kier alpha value is -2.74. The molecule has 5 nitrogen and oxygen atoms in total. The van der Waals surface area contributed by atoms with Crippen LogP contribution in [-0.4, -0.2) is 21.6 Å². The van der Waals surface area contributed by atoms with Gasteiger partial charge in [-0.15, -0.1) is 0 Å². The van der Waals surface area contributed by atoms with Crippen LogP contribution in [0.3, 0.4) is 0 Å². The lowest BCUT2D eigenvalue weighted by Crippen LogP contribution is -2.23. The van der Waals surface area contributed by atoms with Gasteiger partial charge in [-0.25, -0.2) is 4.98 Å². The molecular formula is C24H19BrClN3O2S. The Kier molecular flexibility index (Phi) is 6.60. The molecule has 1 aromatic heterocycles. The zero-order chi connectivity index (χ0) is 22.8. The molecule has 0 bridgehead atoms. The van der Waals surface area contributed by atoms with E-state index in [1.54, 1.807) is 23.8 Å². The van der Waals surface area contributed by atoms with Crippen molar-refractivity contribution in [3.8, 4) is 11.4 Å². The van der Waals surface area contributed by atoms with Crippen molar-refractivity contribution in [1.29, 1.82) is 0 Å². The van der Waals surface area contributed by atoms with Gasteiger partial charge in [0.15, 0.2) is 0 Å². The lowest BCUT2D eigenvalue weighted by molar-refractivity contribution is 0.419. The van der Waals surface area contributed by atoms with Crippen molar-refractivity contribution in [2.24, 2.45) is 0 Å². The molecule has 0 aliphatic heterocycles. The minimum atomic E-state index is -0.172. The molecule has 162 valence electrons. The first-order valence-corrected chi connectivity index (χ1v) is 11.4. The van der Waals surface area contributed by atoms with Crippen LogP contribution in [-0.2, 0) is 6.42 Å². The summed E-state index contributed by atoms with van der Waals surface area (Å²) in [6, 6.07) is 18.7. The second kappa shape index (κ2) is 9.40. The number of halogens is 2. The number of hydrogen-bond donors (Lipinski definition) is 1. The average molecular weight is 529 g/mol. The van der Waals surface area contributed by atoms with Crippen LogP contribution in [0.25, 0.3) is 16.6 Å². The fourth-order valence-electron chi connectivity index (χ4n) is 3.55. The summed E-state index contributed by atoms with van der Waals surface area (Å²) >= 11 is 15.0. The third kappa shape index (κ3) is 4.55. The Morgan fingerprint density at radius 3 is 2.72 bits per heavy atom. The predicted molar refractivity (Wildman–Crippen MR) is 138 cm³/mol. The summed E-state index contributed by atoms with van der Waals surface area (Å²) in [7, 11) is 1.55. The third-order valence-electron chi connectivity index (χ3n) is 4.98. The lowest BCUT2D eigenvalue weighted by atomic mass is 10.1. The highest BCUT2D eigenvalue weighted by Gasteiger charge is 2.14. The summed E-state index contributed by atoms with van der Waals surface area (Å²) in [5.74, 6) is 1.10. The first-order chi connectivity index (χ1) is 15.4. The number of methoxy groups -OCH3 is 1. The predicted octanol–water partition coefficient (Wildman–Crippen LogP) is 6.10. The smallest absolute Gasteiger partial charge is 0.269 e. The number of anilines is 1. The molecule has 4 aromatic rings. The van der Waals surface area contributed by atoms with Crippen LogP contribution < -0.4 is 15.6 Å². The highest BCUT2D eigenvalue weighted by molar-refractivity contribution is 9.10. The average Bonchev–Trinajstić information content (AvgIpc) is 2.76. The minimum Gasteiger partial charge on any atom is -0.496 e. The Balaban J connectivity index is 1.66. The van der Waals surface area contributed by atoms with Crippen LogP contribution in [0.1, 0.15) is 11.4 Å². The molecule has 1 heterocycles. The van der Waals surface area contributed by atoms with Crippen LogP contribution in [0.5, 0.6) is 5.75 Å². The van der Waals surface area contributed by atoms with Gasteiger partial charge in [0.1, 0.15) is 17.0 Å². The number of hydrogen-bond acceptors (Lipinski definition) is 4. The van der Waals surface area contributed by atoms with Crippen LogP contribution in [0.2, 0.25) is 5.02 Å². The molecule has 4 rings (SSSR count). The lowest BCUT2D eigenvalue weighted by Gasteiger charge is -2.14. The third-order valence-corrected chi connectivity index (χ3v) is 6.44. The number of benzene rings is 3. The van der Waals surface area contributed by atoms with Crippen LogP contribution >= 0.6 is 39.7 Å². The van der Waals surface area contributed by atoms with Crippen molar-refractivity contribution in [2.45, 2.75) is 13.3 Å². The first kappa shape index (κ1) is 22.5. The van der Waals surface area contributed by atoms with Crippen molar-refractivity contribution in [3.63, 3.8) is 0 Å². The van der Waals surface area contributed by atoms with E-state index in [1.807, 2.05) is 55.5 Å². The Bertz CT molecular complexity index is 1400. The highest BCUT2D eigenvalue weighted by atomic mass is 79.9. The molecule has 0 amide bonds. The van der Waals surface area contributed by atoms with Gasteiger partial charge in [0, 0.05) is 16.6 Å². The highest BCUT2D eigenvalue weighted by Crippen LogP contribution is 2.26. The monoisotopic (exact) mass is 527 g/mol. The number of thiocarbonyl (C=S) groups is 1. The fraction of sp³-hybridized carbons (Fsp3) is 0.125. The van der Waals surface area contributed by atoms with Crippen molar-refractivity contribution < 1.29 is 4.74 Å². The quantitative estimate of drug-likeness (QED) is 0.317. The van der Waals surface area contributed by atoms with E-state index in [0.717, 1.165) is 21.4 Å².